The SMILES string of the molecule is COCCCNc1nnc(-c2cc(C)c3cc(N)cc(C(C)(C)C)c3n2)o1. The molecule has 0 aliphatic rings. The third kappa shape index (κ3) is 4.19. The lowest BCUT2D eigenvalue weighted by atomic mass is 9.84. The third-order valence-electron chi connectivity index (χ3n) is 4.40. The van der Waals surface area contributed by atoms with Crippen molar-refractivity contribution in [2.24, 2.45) is 0 Å². The molecule has 27 heavy (non-hydrogen) atoms. The zero-order valence-corrected chi connectivity index (χ0v) is 16.6. The van der Waals surface area contributed by atoms with Crippen LogP contribution in [0.2, 0.25) is 0 Å². The lowest BCUT2D eigenvalue weighted by Gasteiger charge is -2.22. The lowest BCUT2D eigenvalue weighted by Crippen LogP contribution is -2.13. The van der Waals surface area contributed by atoms with Crippen LogP contribution in [0.3, 0.4) is 0 Å². The predicted octanol–water partition coefficient (Wildman–Crippen LogP) is 3.92. The fourth-order valence-electron chi connectivity index (χ4n) is 3.00. The van der Waals surface area contributed by atoms with E-state index in [1.54, 1.807) is 7.11 Å². The average molecular weight is 369 g/mol. The molecule has 3 aromatic rings. The molecule has 0 aliphatic heterocycles. The van der Waals surface area contributed by atoms with E-state index in [0.29, 0.717) is 30.8 Å². The van der Waals surface area contributed by atoms with Gasteiger partial charge in [-0.1, -0.05) is 25.9 Å². The van der Waals surface area contributed by atoms with Crippen molar-refractivity contribution in [1.29, 1.82) is 0 Å². The molecular weight excluding hydrogens is 342 g/mol. The number of nitrogen functional groups attached to an aromatic ring is 1. The van der Waals surface area contributed by atoms with Gasteiger partial charge in [0.05, 0.1) is 5.52 Å². The maximum atomic E-state index is 6.12. The lowest BCUT2D eigenvalue weighted by molar-refractivity contribution is 0.197. The molecule has 2 aromatic heterocycles. The number of anilines is 2. The molecule has 0 amide bonds. The van der Waals surface area contributed by atoms with Gasteiger partial charge in [-0.25, -0.2) is 4.98 Å². The Hall–Kier alpha value is -2.67. The van der Waals surface area contributed by atoms with E-state index in [1.165, 1.54) is 0 Å². The van der Waals surface area contributed by atoms with Gasteiger partial charge in [0.15, 0.2) is 0 Å². The summed E-state index contributed by atoms with van der Waals surface area (Å²) in [6.07, 6.45) is 0.859. The number of nitrogens with two attached hydrogens (primary N) is 1. The van der Waals surface area contributed by atoms with Crippen molar-refractivity contribution in [3.8, 4) is 11.6 Å². The summed E-state index contributed by atoms with van der Waals surface area (Å²) in [6.45, 7) is 9.88. The predicted molar refractivity (Wildman–Crippen MR) is 108 cm³/mol. The van der Waals surface area contributed by atoms with E-state index in [2.05, 4.69) is 36.3 Å². The molecule has 0 saturated carbocycles. The molecule has 0 unspecified atom stereocenters. The van der Waals surface area contributed by atoms with Gasteiger partial charge in [0.25, 0.3) is 5.89 Å². The minimum absolute atomic E-state index is 0.0887. The molecule has 144 valence electrons. The molecule has 7 nitrogen and oxygen atoms in total. The van der Waals surface area contributed by atoms with Gasteiger partial charge in [-0.2, -0.15) is 0 Å². The van der Waals surface area contributed by atoms with Crippen LogP contribution in [0.1, 0.15) is 38.3 Å². The first-order valence-electron chi connectivity index (χ1n) is 9.07. The molecule has 0 atom stereocenters. The minimum Gasteiger partial charge on any atom is -0.402 e. The number of nitrogens with one attached hydrogen (secondary N) is 1. The van der Waals surface area contributed by atoms with Gasteiger partial charge in [-0.3, -0.25) is 0 Å². The Morgan fingerprint density at radius 3 is 2.67 bits per heavy atom. The number of ether oxygens (including phenoxy) is 1. The Kier molecular flexibility index (Phi) is 5.32. The highest BCUT2D eigenvalue weighted by atomic mass is 16.5. The standard InChI is InChI=1S/C20H27N5O2/c1-12-9-16(18-24-25-19(27-18)22-7-6-8-26-5)23-17-14(12)10-13(21)11-15(17)20(2,3)4/h9-11H,6-8,21H2,1-5H3,(H,22,25). The quantitative estimate of drug-likeness (QED) is 0.502. The molecule has 7 heteroatoms. The molecule has 0 spiro atoms. The largest absolute Gasteiger partial charge is 0.402 e. The Bertz CT molecular complexity index is 943. The van der Waals surface area contributed by atoms with Gasteiger partial charge >= 0.3 is 6.01 Å². The van der Waals surface area contributed by atoms with Crippen LogP contribution >= 0.6 is 0 Å². The molecule has 0 bridgehead atoms. The monoisotopic (exact) mass is 369 g/mol. The first-order valence-corrected chi connectivity index (χ1v) is 9.07. The fraction of sp³-hybridized carbons (Fsp3) is 0.450. The number of pyridine rings is 1. The van der Waals surface area contributed by atoms with Crippen LogP contribution in [-0.2, 0) is 10.2 Å². The van der Waals surface area contributed by atoms with E-state index >= 15 is 0 Å². The van der Waals surface area contributed by atoms with Gasteiger partial charge < -0.3 is 20.2 Å². The number of nitrogens with zero attached hydrogens (tertiary/aromatic N) is 3. The summed E-state index contributed by atoms with van der Waals surface area (Å²) in [5.41, 5.74) is 10.5. The van der Waals surface area contributed by atoms with E-state index in [-0.39, 0.29) is 5.41 Å². The first-order chi connectivity index (χ1) is 12.8. The number of hydrogen-bond acceptors (Lipinski definition) is 7. The van der Waals surface area contributed by atoms with Gasteiger partial charge in [-0.05, 0) is 48.1 Å². The van der Waals surface area contributed by atoms with Crippen LogP contribution in [-0.4, -0.2) is 35.4 Å². The molecule has 1 aromatic carbocycles. The summed E-state index contributed by atoms with van der Waals surface area (Å²) in [4.78, 5) is 4.84. The molecule has 2 heterocycles. The molecule has 0 aliphatic carbocycles. The second kappa shape index (κ2) is 7.52. The summed E-state index contributed by atoms with van der Waals surface area (Å²) in [5, 5.41) is 12.3. The number of rotatable bonds is 6. The number of fused-ring (bicyclic) bond motifs is 1. The number of aryl methyl sites for hydroxylation is 1. The van der Waals surface area contributed by atoms with Crippen molar-refractivity contribution in [2.75, 3.05) is 31.3 Å². The van der Waals surface area contributed by atoms with Crippen LogP contribution in [0, 0.1) is 6.92 Å². The Morgan fingerprint density at radius 2 is 1.96 bits per heavy atom. The number of methoxy groups -OCH3 is 1. The van der Waals surface area contributed by atoms with E-state index in [4.69, 9.17) is 19.9 Å². The van der Waals surface area contributed by atoms with Crippen LogP contribution in [0.25, 0.3) is 22.5 Å². The molecule has 0 fully saturated rings. The second-order valence-corrected chi connectivity index (χ2v) is 7.72. The zero-order valence-electron chi connectivity index (χ0n) is 16.6. The first kappa shape index (κ1) is 19.1. The van der Waals surface area contributed by atoms with Crippen LogP contribution in [0.5, 0.6) is 0 Å². The van der Waals surface area contributed by atoms with Gasteiger partial charge in [0.2, 0.25) is 0 Å². The summed E-state index contributed by atoms with van der Waals surface area (Å²) < 4.78 is 10.8. The van der Waals surface area contributed by atoms with Crippen molar-refractivity contribution in [3.63, 3.8) is 0 Å². The summed E-state index contributed by atoms with van der Waals surface area (Å²) in [5.74, 6) is 0.394. The highest BCUT2D eigenvalue weighted by Gasteiger charge is 2.21. The van der Waals surface area contributed by atoms with E-state index in [1.807, 2.05) is 25.1 Å². The zero-order chi connectivity index (χ0) is 19.6. The van der Waals surface area contributed by atoms with Crippen molar-refractivity contribution in [1.82, 2.24) is 15.2 Å². The highest BCUT2D eigenvalue weighted by molar-refractivity contribution is 5.90. The summed E-state index contributed by atoms with van der Waals surface area (Å²) in [6, 6.07) is 6.30. The highest BCUT2D eigenvalue weighted by Crippen LogP contribution is 2.34. The van der Waals surface area contributed by atoms with E-state index in [9.17, 15) is 0 Å². The Balaban J connectivity index is 1.99. The van der Waals surface area contributed by atoms with Crippen LogP contribution < -0.4 is 11.1 Å². The molecule has 0 saturated heterocycles. The number of aromatic nitrogens is 3. The third-order valence-corrected chi connectivity index (χ3v) is 4.40. The number of hydrogen-bond donors (Lipinski definition) is 2. The fourth-order valence-corrected chi connectivity index (χ4v) is 3.00. The van der Waals surface area contributed by atoms with Gasteiger partial charge in [0, 0.05) is 31.3 Å². The average Bonchev–Trinajstić information content (AvgIpc) is 3.07. The minimum atomic E-state index is -0.0887. The Labute approximate surface area is 159 Å². The molecule has 3 N–H and O–H groups in total. The smallest absolute Gasteiger partial charge is 0.315 e. The van der Waals surface area contributed by atoms with Crippen molar-refractivity contribution >= 4 is 22.6 Å². The normalized spacial score (nSPS) is 11.9. The van der Waals surface area contributed by atoms with Crippen LogP contribution in [0.4, 0.5) is 11.7 Å². The molecule has 0 radical (unpaired) electrons. The van der Waals surface area contributed by atoms with E-state index in [0.717, 1.165) is 34.1 Å². The summed E-state index contributed by atoms with van der Waals surface area (Å²) in [7, 11) is 1.68. The maximum Gasteiger partial charge on any atom is 0.315 e. The van der Waals surface area contributed by atoms with E-state index < -0.39 is 0 Å². The van der Waals surface area contributed by atoms with Crippen molar-refractivity contribution < 1.29 is 9.15 Å². The topological polar surface area (TPSA) is 99.1 Å². The maximum absolute atomic E-state index is 6.12. The van der Waals surface area contributed by atoms with Gasteiger partial charge in [-0.15, -0.1) is 5.10 Å². The molecular formula is C20H27N5O2. The summed E-state index contributed by atoms with van der Waals surface area (Å²) >= 11 is 0. The number of benzene rings is 1. The van der Waals surface area contributed by atoms with Gasteiger partial charge in [0.1, 0.15) is 5.69 Å². The van der Waals surface area contributed by atoms with Crippen LogP contribution in [0.15, 0.2) is 22.6 Å². The Morgan fingerprint density at radius 1 is 1.19 bits per heavy atom. The molecule has 3 rings (SSSR count). The van der Waals surface area contributed by atoms with Crippen molar-refractivity contribution in [2.45, 2.75) is 39.5 Å². The van der Waals surface area contributed by atoms with Crippen molar-refractivity contribution in [3.05, 3.63) is 29.3 Å². The second-order valence-electron chi connectivity index (χ2n) is 7.72.